The van der Waals surface area contributed by atoms with Crippen molar-refractivity contribution in [3.05, 3.63) is 58.3 Å². The van der Waals surface area contributed by atoms with E-state index in [4.69, 9.17) is 0 Å². The molecular weight excluding hydrogens is 282 g/mol. The van der Waals surface area contributed by atoms with Crippen LogP contribution < -0.4 is 10.6 Å². The van der Waals surface area contributed by atoms with Gasteiger partial charge in [0.25, 0.3) is 0 Å². The average molecular weight is 303 g/mol. The summed E-state index contributed by atoms with van der Waals surface area (Å²) in [5.41, 5.74) is 2.32. The van der Waals surface area contributed by atoms with Crippen molar-refractivity contribution in [3.63, 3.8) is 0 Å². The molecule has 112 valence electrons. The molecule has 21 heavy (non-hydrogen) atoms. The lowest BCUT2D eigenvalue weighted by molar-refractivity contribution is 0.232. The molecule has 0 bridgehead atoms. The Morgan fingerprint density at radius 1 is 1.19 bits per heavy atom. The van der Waals surface area contributed by atoms with Gasteiger partial charge in [0.05, 0.1) is 6.04 Å². The molecule has 0 saturated heterocycles. The molecule has 2 amide bonds. The van der Waals surface area contributed by atoms with E-state index in [9.17, 15) is 4.79 Å². The molecule has 0 unspecified atom stereocenters. The minimum Gasteiger partial charge on any atom is -0.336 e. The maximum atomic E-state index is 11.9. The van der Waals surface area contributed by atoms with Gasteiger partial charge in [-0.3, -0.25) is 0 Å². The molecule has 5 heteroatoms. The molecule has 2 aromatic rings. The molecule has 0 fully saturated rings. The summed E-state index contributed by atoms with van der Waals surface area (Å²) in [4.78, 5) is 14.0. The first-order valence-electron chi connectivity index (χ1n) is 6.91. The van der Waals surface area contributed by atoms with Crippen molar-refractivity contribution in [1.82, 2.24) is 15.5 Å². The second kappa shape index (κ2) is 7.81. The Morgan fingerprint density at radius 2 is 1.95 bits per heavy atom. The summed E-state index contributed by atoms with van der Waals surface area (Å²) in [6.07, 6.45) is 0. The van der Waals surface area contributed by atoms with E-state index >= 15 is 0 Å². The Hall–Kier alpha value is -1.85. The molecule has 1 aromatic carbocycles. The standard InChI is InChI=1S/C16H21N3OS/c1-19(2)15(14-8-9-21-12-14)11-18-16(20)17-10-13-6-4-3-5-7-13/h3-9,12,15H,10-11H2,1-2H3,(H2,17,18,20)/t15-/m0/s1. The topological polar surface area (TPSA) is 44.4 Å². The van der Waals surface area contributed by atoms with Crippen molar-refractivity contribution in [2.75, 3.05) is 20.6 Å². The van der Waals surface area contributed by atoms with E-state index in [1.165, 1.54) is 5.56 Å². The van der Waals surface area contributed by atoms with Crippen molar-refractivity contribution < 1.29 is 4.79 Å². The minimum atomic E-state index is -0.138. The maximum absolute atomic E-state index is 11.9. The Morgan fingerprint density at radius 3 is 2.57 bits per heavy atom. The van der Waals surface area contributed by atoms with Crippen LogP contribution in [0.15, 0.2) is 47.2 Å². The quantitative estimate of drug-likeness (QED) is 0.862. The van der Waals surface area contributed by atoms with E-state index in [1.54, 1.807) is 11.3 Å². The van der Waals surface area contributed by atoms with Crippen molar-refractivity contribution in [2.45, 2.75) is 12.6 Å². The fourth-order valence-electron chi connectivity index (χ4n) is 2.09. The fourth-order valence-corrected chi connectivity index (χ4v) is 2.80. The molecule has 0 radical (unpaired) electrons. The summed E-state index contributed by atoms with van der Waals surface area (Å²) in [6, 6.07) is 12.0. The van der Waals surface area contributed by atoms with E-state index < -0.39 is 0 Å². The fraction of sp³-hybridized carbons (Fsp3) is 0.312. The first-order valence-corrected chi connectivity index (χ1v) is 7.85. The maximum Gasteiger partial charge on any atom is 0.315 e. The van der Waals surface area contributed by atoms with Gasteiger partial charge in [-0.05, 0) is 42.0 Å². The van der Waals surface area contributed by atoms with E-state index in [1.807, 2.05) is 44.4 Å². The SMILES string of the molecule is CN(C)[C@@H](CNC(=O)NCc1ccccc1)c1ccsc1. The molecule has 1 atom stereocenters. The highest BCUT2D eigenvalue weighted by atomic mass is 32.1. The molecule has 0 saturated carbocycles. The number of likely N-dealkylation sites (N-methyl/N-ethyl adjacent to an activating group) is 1. The summed E-state index contributed by atoms with van der Waals surface area (Å²) in [7, 11) is 4.04. The monoisotopic (exact) mass is 303 g/mol. The molecule has 0 aliphatic heterocycles. The van der Waals surface area contributed by atoms with Crippen LogP contribution in [0.2, 0.25) is 0 Å². The van der Waals surface area contributed by atoms with Crippen molar-refractivity contribution >= 4 is 17.4 Å². The summed E-state index contributed by atoms with van der Waals surface area (Å²) in [5.74, 6) is 0. The first-order chi connectivity index (χ1) is 10.2. The van der Waals surface area contributed by atoms with Crippen molar-refractivity contribution in [3.8, 4) is 0 Å². The lowest BCUT2D eigenvalue weighted by Gasteiger charge is -2.24. The molecule has 0 spiro atoms. The minimum absolute atomic E-state index is 0.138. The lowest BCUT2D eigenvalue weighted by Crippen LogP contribution is -2.40. The zero-order chi connectivity index (χ0) is 15.1. The number of hydrogen-bond donors (Lipinski definition) is 2. The summed E-state index contributed by atoms with van der Waals surface area (Å²) in [5, 5.41) is 9.98. The third-order valence-electron chi connectivity index (χ3n) is 3.30. The summed E-state index contributed by atoms with van der Waals surface area (Å²) >= 11 is 1.67. The Balaban J connectivity index is 1.80. The molecule has 0 aliphatic carbocycles. The van der Waals surface area contributed by atoms with Crippen LogP contribution in [0.25, 0.3) is 0 Å². The number of amides is 2. The normalized spacial score (nSPS) is 12.1. The Kier molecular flexibility index (Phi) is 5.78. The molecule has 1 heterocycles. The zero-order valence-electron chi connectivity index (χ0n) is 12.4. The second-order valence-electron chi connectivity index (χ2n) is 5.09. The van der Waals surface area contributed by atoms with Crippen LogP contribution in [0.1, 0.15) is 17.2 Å². The van der Waals surface area contributed by atoms with Crippen LogP contribution >= 0.6 is 11.3 Å². The predicted octanol–water partition coefficient (Wildman–Crippen LogP) is 2.85. The van der Waals surface area contributed by atoms with Crippen LogP contribution in [0.4, 0.5) is 4.79 Å². The van der Waals surface area contributed by atoms with Crippen LogP contribution in [0.5, 0.6) is 0 Å². The number of hydrogen-bond acceptors (Lipinski definition) is 3. The number of carbonyl (C=O) groups is 1. The Labute approximate surface area is 129 Å². The van der Waals surface area contributed by atoms with Crippen molar-refractivity contribution in [2.24, 2.45) is 0 Å². The third-order valence-corrected chi connectivity index (χ3v) is 4.00. The number of nitrogens with one attached hydrogen (secondary N) is 2. The average Bonchev–Trinajstić information content (AvgIpc) is 3.00. The third kappa shape index (κ3) is 4.88. The van der Waals surface area contributed by atoms with Gasteiger partial charge in [0.2, 0.25) is 0 Å². The molecular formula is C16H21N3OS. The lowest BCUT2D eigenvalue weighted by atomic mass is 10.1. The number of benzene rings is 1. The highest BCUT2D eigenvalue weighted by Gasteiger charge is 2.15. The summed E-state index contributed by atoms with van der Waals surface area (Å²) < 4.78 is 0. The smallest absolute Gasteiger partial charge is 0.315 e. The van der Waals surface area contributed by atoms with Gasteiger partial charge < -0.3 is 15.5 Å². The molecule has 4 nitrogen and oxygen atoms in total. The summed E-state index contributed by atoms with van der Waals surface area (Å²) in [6.45, 7) is 1.13. The Bertz CT molecular complexity index is 540. The number of carbonyl (C=O) groups excluding carboxylic acids is 1. The first kappa shape index (κ1) is 15.5. The van der Waals surface area contributed by atoms with Gasteiger partial charge in [-0.25, -0.2) is 4.79 Å². The molecule has 1 aromatic heterocycles. The van der Waals surface area contributed by atoms with Gasteiger partial charge in [0.1, 0.15) is 0 Å². The van der Waals surface area contributed by atoms with Crippen LogP contribution in [-0.2, 0) is 6.54 Å². The van der Waals surface area contributed by atoms with Gasteiger partial charge in [-0.15, -0.1) is 0 Å². The van der Waals surface area contributed by atoms with Gasteiger partial charge >= 0.3 is 6.03 Å². The largest absolute Gasteiger partial charge is 0.336 e. The highest BCUT2D eigenvalue weighted by molar-refractivity contribution is 7.07. The number of urea groups is 1. The van der Waals surface area contributed by atoms with Crippen LogP contribution in [-0.4, -0.2) is 31.6 Å². The molecule has 2 rings (SSSR count). The van der Waals surface area contributed by atoms with Crippen LogP contribution in [0.3, 0.4) is 0 Å². The predicted molar refractivity (Wildman–Crippen MR) is 87.4 cm³/mol. The number of rotatable bonds is 6. The molecule has 2 N–H and O–H groups in total. The second-order valence-corrected chi connectivity index (χ2v) is 5.87. The van der Waals surface area contributed by atoms with E-state index in [2.05, 4.69) is 32.4 Å². The van der Waals surface area contributed by atoms with Crippen molar-refractivity contribution in [1.29, 1.82) is 0 Å². The van der Waals surface area contributed by atoms with Gasteiger partial charge in [0.15, 0.2) is 0 Å². The van der Waals surface area contributed by atoms with E-state index in [0.29, 0.717) is 13.1 Å². The number of thiophene rings is 1. The van der Waals surface area contributed by atoms with Gasteiger partial charge in [0, 0.05) is 13.1 Å². The van der Waals surface area contributed by atoms with Gasteiger partial charge in [-0.1, -0.05) is 30.3 Å². The number of nitrogens with zero attached hydrogens (tertiary/aromatic N) is 1. The van der Waals surface area contributed by atoms with Gasteiger partial charge in [-0.2, -0.15) is 11.3 Å². The van der Waals surface area contributed by atoms with E-state index in [-0.39, 0.29) is 12.1 Å². The van der Waals surface area contributed by atoms with E-state index in [0.717, 1.165) is 5.56 Å². The molecule has 0 aliphatic rings. The highest BCUT2D eigenvalue weighted by Crippen LogP contribution is 2.19. The zero-order valence-corrected chi connectivity index (χ0v) is 13.2. The van der Waals surface area contributed by atoms with Crippen LogP contribution in [0, 0.1) is 0 Å².